The summed E-state index contributed by atoms with van der Waals surface area (Å²) in [5.74, 6) is -0.150. The highest BCUT2D eigenvalue weighted by atomic mass is 19.4. The van der Waals surface area contributed by atoms with Gasteiger partial charge < -0.3 is 15.2 Å². The lowest BCUT2D eigenvalue weighted by atomic mass is 10.2. The Labute approximate surface area is 131 Å². The Morgan fingerprint density at radius 3 is 2.52 bits per heavy atom. The topological polar surface area (TPSA) is 85.9 Å². The van der Waals surface area contributed by atoms with E-state index >= 15 is 0 Å². The summed E-state index contributed by atoms with van der Waals surface area (Å²) in [6.07, 6.45) is -5.27. The number of nitrogens with two attached hydrogens (primary N) is 1. The van der Waals surface area contributed by atoms with E-state index in [2.05, 4.69) is 10.5 Å². The molecule has 9 heteroatoms. The van der Waals surface area contributed by atoms with E-state index < -0.39 is 23.4 Å². The van der Waals surface area contributed by atoms with Crippen molar-refractivity contribution in [3.8, 4) is 5.75 Å². The number of alkyl halides is 3. The maximum absolute atomic E-state index is 12.5. The summed E-state index contributed by atoms with van der Waals surface area (Å²) in [6.45, 7) is 4.74. The SMILES string of the molecule is CC(C)(C)OC(=O)N/N=C(\N)COc1cccc(C(F)(F)F)c1. The molecule has 1 aromatic carbocycles. The number of hydrogen-bond donors (Lipinski definition) is 2. The van der Waals surface area contributed by atoms with Gasteiger partial charge in [0, 0.05) is 0 Å². The quantitative estimate of drug-likeness (QED) is 0.504. The fourth-order valence-corrected chi connectivity index (χ4v) is 1.37. The number of carbonyl (C=O) groups is 1. The number of halogens is 3. The van der Waals surface area contributed by atoms with Crippen LogP contribution in [0, 0.1) is 0 Å². The van der Waals surface area contributed by atoms with Crippen molar-refractivity contribution in [2.45, 2.75) is 32.5 Å². The van der Waals surface area contributed by atoms with Crippen LogP contribution in [0.1, 0.15) is 26.3 Å². The summed E-state index contributed by atoms with van der Waals surface area (Å²) < 4.78 is 47.7. The zero-order chi connectivity index (χ0) is 17.7. The molecule has 0 saturated heterocycles. The summed E-state index contributed by atoms with van der Waals surface area (Å²) in [4.78, 5) is 11.3. The van der Waals surface area contributed by atoms with Crippen LogP contribution >= 0.6 is 0 Å². The number of carbonyl (C=O) groups excluding carboxylic acids is 1. The van der Waals surface area contributed by atoms with Gasteiger partial charge in [-0.25, -0.2) is 10.2 Å². The lowest BCUT2D eigenvalue weighted by Crippen LogP contribution is -2.32. The molecule has 0 saturated carbocycles. The normalized spacial score (nSPS) is 12.7. The Kier molecular flexibility index (Phi) is 5.83. The summed E-state index contributed by atoms with van der Waals surface area (Å²) in [5.41, 5.74) is 6.02. The van der Waals surface area contributed by atoms with Crippen molar-refractivity contribution in [2.75, 3.05) is 6.61 Å². The van der Waals surface area contributed by atoms with E-state index in [9.17, 15) is 18.0 Å². The molecule has 0 fully saturated rings. The molecule has 3 N–H and O–H groups in total. The molecule has 0 spiro atoms. The molecule has 0 aliphatic carbocycles. The number of amides is 1. The van der Waals surface area contributed by atoms with E-state index in [1.807, 2.05) is 0 Å². The largest absolute Gasteiger partial charge is 0.486 e. The molecule has 1 amide bonds. The Balaban J connectivity index is 2.54. The Morgan fingerprint density at radius 1 is 1.30 bits per heavy atom. The van der Waals surface area contributed by atoms with Gasteiger partial charge in [0.25, 0.3) is 0 Å². The lowest BCUT2D eigenvalue weighted by molar-refractivity contribution is -0.137. The maximum atomic E-state index is 12.5. The highest BCUT2D eigenvalue weighted by Crippen LogP contribution is 2.31. The second-order valence-corrected chi connectivity index (χ2v) is 5.53. The molecule has 0 radical (unpaired) electrons. The third-order valence-corrected chi connectivity index (χ3v) is 2.24. The molecule has 0 heterocycles. The summed E-state index contributed by atoms with van der Waals surface area (Å²) in [7, 11) is 0. The van der Waals surface area contributed by atoms with E-state index in [1.165, 1.54) is 12.1 Å². The minimum Gasteiger partial charge on any atom is -0.486 e. The van der Waals surface area contributed by atoms with Crippen molar-refractivity contribution in [3.63, 3.8) is 0 Å². The molecule has 0 aliphatic rings. The third-order valence-electron chi connectivity index (χ3n) is 2.24. The maximum Gasteiger partial charge on any atom is 0.428 e. The molecule has 0 aromatic heterocycles. The molecular formula is C14H18F3N3O3. The van der Waals surface area contributed by atoms with Crippen LogP contribution in [-0.4, -0.2) is 24.1 Å². The smallest absolute Gasteiger partial charge is 0.428 e. The van der Waals surface area contributed by atoms with Crippen LogP contribution in [0.25, 0.3) is 0 Å². The van der Waals surface area contributed by atoms with Gasteiger partial charge in [0.2, 0.25) is 0 Å². The van der Waals surface area contributed by atoms with E-state index in [-0.39, 0.29) is 18.2 Å². The van der Waals surface area contributed by atoms with E-state index in [0.29, 0.717) is 0 Å². The molecule has 128 valence electrons. The first-order valence-corrected chi connectivity index (χ1v) is 6.58. The number of amidine groups is 1. The number of nitrogens with one attached hydrogen (secondary N) is 1. The Hall–Kier alpha value is -2.45. The molecule has 0 atom stereocenters. The number of nitrogens with zero attached hydrogens (tertiary/aromatic N) is 1. The van der Waals surface area contributed by atoms with Gasteiger partial charge in [-0.15, -0.1) is 0 Å². The van der Waals surface area contributed by atoms with E-state index in [4.69, 9.17) is 15.2 Å². The molecule has 0 aliphatic heterocycles. The average molecular weight is 333 g/mol. The molecular weight excluding hydrogens is 315 g/mol. The van der Waals surface area contributed by atoms with Crippen molar-refractivity contribution >= 4 is 11.9 Å². The van der Waals surface area contributed by atoms with Gasteiger partial charge in [-0.2, -0.15) is 18.3 Å². The Morgan fingerprint density at radius 2 is 1.96 bits per heavy atom. The minimum atomic E-state index is -4.46. The Bertz CT molecular complexity index is 581. The monoisotopic (exact) mass is 333 g/mol. The zero-order valence-corrected chi connectivity index (χ0v) is 12.9. The second-order valence-electron chi connectivity index (χ2n) is 5.53. The third kappa shape index (κ3) is 7.39. The number of benzene rings is 1. The molecule has 1 aromatic rings. The zero-order valence-electron chi connectivity index (χ0n) is 12.9. The van der Waals surface area contributed by atoms with Crippen molar-refractivity contribution in [1.29, 1.82) is 0 Å². The number of hydrogen-bond acceptors (Lipinski definition) is 4. The first-order chi connectivity index (χ1) is 10.5. The van der Waals surface area contributed by atoms with Gasteiger partial charge in [0.15, 0.2) is 5.84 Å². The number of rotatable bonds is 4. The average Bonchev–Trinajstić information content (AvgIpc) is 2.40. The lowest BCUT2D eigenvalue weighted by Gasteiger charge is -2.18. The first kappa shape index (κ1) is 18.6. The van der Waals surface area contributed by atoms with Gasteiger partial charge in [-0.3, -0.25) is 0 Å². The minimum absolute atomic E-state index is 0.0183. The van der Waals surface area contributed by atoms with Crippen molar-refractivity contribution in [1.82, 2.24) is 5.43 Å². The number of ether oxygens (including phenoxy) is 2. The predicted molar refractivity (Wildman–Crippen MR) is 77.9 cm³/mol. The second kappa shape index (κ2) is 7.21. The van der Waals surface area contributed by atoms with Gasteiger partial charge in [-0.1, -0.05) is 6.07 Å². The summed E-state index contributed by atoms with van der Waals surface area (Å²) in [6, 6.07) is 4.33. The summed E-state index contributed by atoms with van der Waals surface area (Å²) in [5, 5.41) is 3.52. The van der Waals surface area contributed by atoms with Gasteiger partial charge in [0.05, 0.1) is 5.56 Å². The van der Waals surface area contributed by atoms with E-state index in [0.717, 1.165) is 12.1 Å². The van der Waals surface area contributed by atoms with Gasteiger partial charge in [-0.05, 0) is 39.0 Å². The number of hydrazone groups is 1. The van der Waals surface area contributed by atoms with Crippen LogP contribution in [0.2, 0.25) is 0 Å². The van der Waals surface area contributed by atoms with Gasteiger partial charge >= 0.3 is 12.3 Å². The molecule has 0 unspecified atom stereocenters. The molecule has 6 nitrogen and oxygen atoms in total. The van der Waals surface area contributed by atoms with Gasteiger partial charge in [0.1, 0.15) is 18.0 Å². The molecule has 1 rings (SSSR count). The van der Waals surface area contributed by atoms with Crippen molar-refractivity contribution in [3.05, 3.63) is 29.8 Å². The highest BCUT2D eigenvalue weighted by molar-refractivity contribution is 5.83. The van der Waals surface area contributed by atoms with Crippen LogP contribution in [0.4, 0.5) is 18.0 Å². The predicted octanol–water partition coefficient (Wildman–Crippen LogP) is 2.88. The van der Waals surface area contributed by atoms with Crippen LogP contribution < -0.4 is 15.9 Å². The van der Waals surface area contributed by atoms with Crippen LogP contribution in [0.5, 0.6) is 5.75 Å². The summed E-state index contributed by atoms with van der Waals surface area (Å²) >= 11 is 0. The van der Waals surface area contributed by atoms with Crippen molar-refractivity contribution < 1.29 is 27.4 Å². The van der Waals surface area contributed by atoms with Crippen LogP contribution in [0.3, 0.4) is 0 Å². The highest BCUT2D eigenvalue weighted by Gasteiger charge is 2.30. The standard InChI is InChI=1S/C14H18F3N3O3/c1-13(2,3)23-12(21)20-19-11(18)8-22-10-6-4-5-9(7-10)14(15,16)17/h4-7H,8H2,1-3H3,(H2,18,19)(H,20,21). The van der Waals surface area contributed by atoms with Crippen LogP contribution in [0.15, 0.2) is 29.4 Å². The van der Waals surface area contributed by atoms with E-state index in [1.54, 1.807) is 20.8 Å². The van der Waals surface area contributed by atoms with Crippen molar-refractivity contribution in [2.24, 2.45) is 10.8 Å². The fraction of sp³-hybridized carbons (Fsp3) is 0.429. The molecule has 23 heavy (non-hydrogen) atoms. The van der Waals surface area contributed by atoms with Crippen LogP contribution in [-0.2, 0) is 10.9 Å². The fourth-order valence-electron chi connectivity index (χ4n) is 1.37. The molecule has 0 bridgehead atoms. The first-order valence-electron chi connectivity index (χ1n) is 6.58.